The van der Waals surface area contributed by atoms with E-state index in [1.165, 1.54) is 25.7 Å². The highest BCUT2D eigenvalue weighted by molar-refractivity contribution is 4.98. The SMILES string of the molecule is CC.CC1(C)CCC2(CC1)CC2. The van der Waals surface area contributed by atoms with Crippen LogP contribution in [0.25, 0.3) is 0 Å². The summed E-state index contributed by atoms with van der Waals surface area (Å²) in [5.74, 6) is 0. The van der Waals surface area contributed by atoms with E-state index in [1.807, 2.05) is 13.8 Å². The van der Waals surface area contributed by atoms with Gasteiger partial charge in [-0.15, -0.1) is 0 Å². The quantitative estimate of drug-likeness (QED) is 0.503. The van der Waals surface area contributed by atoms with Crippen LogP contribution in [0, 0.1) is 10.8 Å². The first-order valence-electron chi connectivity index (χ1n) is 5.62. The van der Waals surface area contributed by atoms with Crippen molar-refractivity contribution in [3.63, 3.8) is 0 Å². The van der Waals surface area contributed by atoms with Gasteiger partial charge >= 0.3 is 0 Å². The van der Waals surface area contributed by atoms with Crippen LogP contribution in [0.15, 0.2) is 0 Å². The molecule has 2 fully saturated rings. The Hall–Kier alpha value is 0. The first kappa shape index (κ1) is 10.1. The van der Waals surface area contributed by atoms with Crippen LogP contribution < -0.4 is 0 Å². The second-order valence-electron chi connectivity index (χ2n) is 5.16. The molecule has 2 aliphatic carbocycles. The van der Waals surface area contributed by atoms with Gasteiger partial charge < -0.3 is 0 Å². The molecular formula is C12H24. The van der Waals surface area contributed by atoms with E-state index in [4.69, 9.17) is 0 Å². The topological polar surface area (TPSA) is 0 Å². The Bertz CT molecular complexity index is 122. The van der Waals surface area contributed by atoms with E-state index in [9.17, 15) is 0 Å². The molecule has 2 saturated carbocycles. The van der Waals surface area contributed by atoms with E-state index in [1.54, 1.807) is 12.8 Å². The minimum atomic E-state index is 0.674. The van der Waals surface area contributed by atoms with E-state index in [-0.39, 0.29) is 0 Å². The van der Waals surface area contributed by atoms with Gasteiger partial charge in [-0.05, 0) is 49.4 Å². The van der Waals surface area contributed by atoms with Crippen molar-refractivity contribution in [2.24, 2.45) is 10.8 Å². The first-order valence-corrected chi connectivity index (χ1v) is 5.62. The molecule has 0 heterocycles. The zero-order valence-electron chi connectivity index (χ0n) is 9.24. The predicted molar refractivity (Wildman–Crippen MR) is 55.3 cm³/mol. The molecule has 0 nitrogen and oxygen atoms in total. The molecule has 0 unspecified atom stereocenters. The third-order valence-corrected chi connectivity index (χ3v) is 3.62. The van der Waals surface area contributed by atoms with Crippen LogP contribution in [0.2, 0.25) is 0 Å². The van der Waals surface area contributed by atoms with Gasteiger partial charge in [-0.1, -0.05) is 27.7 Å². The van der Waals surface area contributed by atoms with Gasteiger partial charge in [-0.3, -0.25) is 0 Å². The van der Waals surface area contributed by atoms with Crippen LogP contribution in [0.4, 0.5) is 0 Å². The molecule has 0 aromatic heterocycles. The molecule has 72 valence electrons. The van der Waals surface area contributed by atoms with Crippen molar-refractivity contribution in [2.75, 3.05) is 0 Å². The molecule has 0 bridgehead atoms. The third kappa shape index (κ3) is 2.24. The van der Waals surface area contributed by atoms with Crippen molar-refractivity contribution in [2.45, 2.75) is 66.2 Å². The van der Waals surface area contributed by atoms with Gasteiger partial charge in [-0.25, -0.2) is 0 Å². The highest BCUT2D eigenvalue weighted by Crippen LogP contribution is 2.59. The van der Waals surface area contributed by atoms with Crippen LogP contribution in [0.3, 0.4) is 0 Å². The molecule has 0 radical (unpaired) electrons. The Balaban J connectivity index is 0.000000336. The molecule has 0 atom stereocenters. The van der Waals surface area contributed by atoms with Gasteiger partial charge in [0, 0.05) is 0 Å². The lowest BCUT2D eigenvalue weighted by Crippen LogP contribution is -2.21. The maximum Gasteiger partial charge on any atom is -0.0297 e. The van der Waals surface area contributed by atoms with Crippen molar-refractivity contribution < 1.29 is 0 Å². The van der Waals surface area contributed by atoms with Crippen molar-refractivity contribution in [3.05, 3.63) is 0 Å². The molecule has 0 aromatic rings. The number of rotatable bonds is 0. The second-order valence-corrected chi connectivity index (χ2v) is 5.16. The van der Waals surface area contributed by atoms with Crippen LogP contribution in [-0.2, 0) is 0 Å². The summed E-state index contributed by atoms with van der Waals surface area (Å²) >= 11 is 0. The van der Waals surface area contributed by atoms with Gasteiger partial charge in [0.05, 0.1) is 0 Å². The number of hydrogen-bond acceptors (Lipinski definition) is 0. The Morgan fingerprint density at radius 1 is 0.667 bits per heavy atom. The van der Waals surface area contributed by atoms with E-state index >= 15 is 0 Å². The lowest BCUT2D eigenvalue weighted by molar-refractivity contribution is 0.178. The minimum absolute atomic E-state index is 0.674. The normalized spacial score (nSPS) is 29.0. The minimum Gasteiger partial charge on any atom is -0.0683 e. The summed E-state index contributed by atoms with van der Waals surface area (Å²) in [6, 6.07) is 0. The van der Waals surface area contributed by atoms with Crippen molar-refractivity contribution in [1.82, 2.24) is 0 Å². The van der Waals surface area contributed by atoms with Crippen LogP contribution in [-0.4, -0.2) is 0 Å². The first-order chi connectivity index (χ1) is 5.62. The van der Waals surface area contributed by atoms with Crippen molar-refractivity contribution >= 4 is 0 Å². The molecule has 0 aliphatic heterocycles. The maximum absolute atomic E-state index is 2.42. The largest absolute Gasteiger partial charge is 0.0683 e. The Labute approximate surface area is 77.7 Å². The zero-order chi connectivity index (χ0) is 9.24. The van der Waals surface area contributed by atoms with E-state index in [0.29, 0.717) is 5.41 Å². The summed E-state index contributed by atoms with van der Waals surface area (Å²) in [6.45, 7) is 8.84. The fraction of sp³-hybridized carbons (Fsp3) is 1.00. The van der Waals surface area contributed by atoms with Crippen LogP contribution >= 0.6 is 0 Å². The average molecular weight is 168 g/mol. The molecule has 0 aromatic carbocycles. The molecule has 12 heavy (non-hydrogen) atoms. The molecule has 0 heteroatoms. The summed E-state index contributed by atoms with van der Waals surface area (Å²) in [5.41, 5.74) is 1.56. The molecule has 0 amide bonds. The van der Waals surface area contributed by atoms with Gasteiger partial charge in [0.2, 0.25) is 0 Å². The molecular weight excluding hydrogens is 144 g/mol. The van der Waals surface area contributed by atoms with E-state index in [2.05, 4.69) is 13.8 Å². The Morgan fingerprint density at radius 2 is 1.00 bits per heavy atom. The summed E-state index contributed by atoms with van der Waals surface area (Å²) in [7, 11) is 0. The smallest absolute Gasteiger partial charge is 0.0297 e. The predicted octanol–water partition coefficient (Wildman–Crippen LogP) is 4.39. The van der Waals surface area contributed by atoms with Gasteiger partial charge in [0.25, 0.3) is 0 Å². The summed E-state index contributed by atoms with van der Waals surface area (Å²) in [4.78, 5) is 0. The standard InChI is InChI=1S/C10H18.C2H6/c1-9(2)3-5-10(6-4-9)7-8-10;1-2/h3-8H2,1-2H3;1-2H3. The monoisotopic (exact) mass is 168 g/mol. The Morgan fingerprint density at radius 3 is 1.33 bits per heavy atom. The van der Waals surface area contributed by atoms with Gasteiger partial charge in [-0.2, -0.15) is 0 Å². The molecule has 0 N–H and O–H groups in total. The van der Waals surface area contributed by atoms with E-state index < -0.39 is 0 Å². The molecule has 0 saturated heterocycles. The lowest BCUT2D eigenvalue weighted by atomic mass is 9.71. The summed E-state index contributed by atoms with van der Waals surface area (Å²) < 4.78 is 0. The highest BCUT2D eigenvalue weighted by Gasteiger charge is 2.46. The molecule has 1 spiro atoms. The third-order valence-electron chi connectivity index (χ3n) is 3.62. The Kier molecular flexibility index (Phi) is 2.85. The second kappa shape index (κ2) is 3.40. The summed E-state index contributed by atoms with van der Waals surface area (Å²) in [6.07, 6.45) is 9.10. The maximum atomic E-state index is 2.42. The number of hydrogen-bond donors (Lipinski definition) is 0. The fourth-order valence-electron chi connectivity index (χ4n) is 2.13. The van der Waals surface area contributed by atoms with Crippen LogP contribution in [0.5, 0.6) is 0 Å². The fourth-order valence-corrected chi connectivity index (χ4v) is 2.13. The zero-order valence-corrected chi connectivity index (χ0v) is 9.24. The van der Waals surface area contributed by atoms with Gasteiger partial charge in [0.15, 0.2) is 0 Å². The lowest BCUT2D eigenvalue weighted by Gasteiger charge is -2.34. The highest BCUT2D eigenvalue weighted by atomic mass is 14.5. The molecule has 2 rings (SSSR count). The van der Waals surface area contributed by atoms with Crippen molar-refractivity contribution in [1.29, 1.82) is 0 Å². The van der Waals surface area contributed by atoms with Crippen LogP contribution in [0.1, 0.15) is 66.2 Å². The average Bonchev–Trinajstić information content (AvgIpc) is 2.82. The molecule has 2 aliphatic rings. The van der Waals surface area contributed by atoms with Gasteiger partial charge in [0.1, 0.15) is 0 Å². The van der Waals surface area contributed by atoms with Crippen molar-refractivity contribution in [3.8, 4) is 0 Å². The van der Waals surface area contributed by atoms with E-state index in [0.717, 1.165) is 5.41 Å². The summed E-state index contributed by atoms with van der Waals surface area (Å²) in [5, 5.41) is 0.